The van der Waals surface area contributed by atoms with Crippen molar-refractivity contribution in [2.75, 3.05) is 5.32 Å². The molecule has 0 atom stereocenters. The summed E-state index contributed by atoms with van der Waals surface area (Å²) in [5, 5.41) is 2.52. The zero-order valence-corrected chi connectivity index (χ0v) is 15.9. The lowest BCUT2D eigenvalue weighted by Crippen LogP contribution is -2.41. The molecule has 0 bridgehead atoms. The summed E-state index contributed by atoms with van der Waals surface area (Å²) in [5.74, 6) is 0. The Hall–Kier alpha value is -2.56. The largest absolute Gasteiger partial charge is 0.494 e. The Balaban J connectivity index is 1.87. The third-order valence-electron chi connectivity index (χ3n) is 4.76. The van der Waals surface area contributed by atoms with E-state index in [0.717, 1.165) is 0 Å². The molecule has 0 aromatic heterocycles. The number of benzene rings is 3. The lowest BCUT2D eigenvalue weighted by Gasteiger charge is -2.32. The summed E-state index contributed by atoms with van der Waals surface area (Å²) >= 11 is 0. The van der Waals surface area contributed by atoms with Gasteiger partial charge in [-0.05, 0) is 68.5 Å². The van der Waals surface area contributed by atoms with E-state index in [0.29, 0.717) is 0 Å². The molecule has 3 aromatic rings. The van der Waals surface area contributed by atoms with Gasteiger partial charge in [0.2, 0.25) is 0 Å². The highest BCUT2D eigenvalue weighted by molar-refractivity contribution is 6.62. The molecule has 28 heavy (non-hydrogen) atoms. The Labute approximate surface area is 186 Å². The van der Waals surface area contributed by atoms with E-state index >= 15 is 0 Å². The predicted molar refractivity (Wildman–Crippen MR) is 117 cm³/mol. The van der Waals surface area contributed by atoms with E-state index in [1.54, 1.807) is 27.7 Å². The summed E-state index contributed by atoms with van der Waals surface area (Å²) in [6.45, 7) is 7.09. The molecule has 1 aliphatic rings. The van der Waals surface area contributed by atoms with Crippen molar-refractivity contribution in [1.29, 1.82) is 0 Å². The highest BCUT2D eigenvalue weighted by atomic mass is 16.7. The highest BCUT2D eigenvalue weighted by Gasteiger charge is 2.51. The molecule has 4 rings (SSSR count). The predicted octanol–water partition coefficient (Wildman–Crippen LogP) is 5.40. The van der Waals surface area contributed by atoms with E-state index in [1.807, 2.05) is 0 Å². The van der Waals surface area contributed by atoms with E-state index in [4.69, 9.17) is 27.1 Å². The molecule has 0 aliphatic carbocycles. The lowest BCUT2D eigenvalue weighted by molar-refractivity contribution is 0.00578. The molecule has 0 amide bonds. The summed E-state index contributed by atoms with van der Waals surface area (Å²) in [6.07, 6.45) is 0. The van der Waals surface area contributed by atoms with Crippen LogP contribution in [0.4, 0.5) is 11.4 Å². The van der Waals surface area contributed by atoms with E-state index in [-0.39, 0.29) is 5.46 Å². The smallest absolute Gasteiger partial charge is 0.399 e. The van der Waals surface area contributed by atoms with Crippen molar-refractivity contribution in [2.45, 2.75) is 38.9 Å². The minimum absolute atomic E-state index is 0.139. The summed E-state index contributed by atoms with van der Waals surface area (Å²) in [5.41, 5.74) is -3.68. The molecular formula is C24H26BNO2. The Morgan fingerprint density at radius 1 is 0.679 bits per heavy atom. The van der Waals surface area contributed by atoms with E-state index < -0.39 is 119 Å². The molecule has 1 fully saturated rings. The van der Waals surface area contributed by atoms with Crippen molar-refractivity contribution >= 4 is 24.0 Å². The van der Waals surface area contributed by atoms with Crippen LogP contribution < -0.4 is 10.8 Å². The highest BCUT2D eigenvalue weighted by Crippen LogP contribution is 2.36. The number of rotatable bonds is 4. The van der Waals surface area contributed by atoms with Gasteiger partial charge in [0.05, 0.1) is 29.0 Å². The molecule has 0 spiro atoms. The van der Waals surface area contributed by atoms with E-state index in [1.165, 1.54) is 0 Å². The molecule has 0 saturated carbocycles. The van der Waals surface area contributed by atoms with Crippen LogP contribution in [-0.2, 0) is 9.31 Å². The normalized spacial score (nSPS) is 24.0. The first-order valence-corrected chi connectivity index (χ1v) is 8.67. The van der Waals surface area contributed by atoms with Gasteiger partial charge in [0, 0.05) is 11.4 Å². The topological polar surface area (TPSA) is 30.5 Å². The maximum atomic E-state index is 8.55. The van der Waals surface area contributed by atoms with E-state index in [2.05, 4.69) is 5.32 Å². The van der Waals surface area contributed by atoms with Gasteiger partial charge in [0.1, 0.15) is 0 Å². The Bertz CT molecular complexity index is 1520. The number of anilines is 2. The van der Waals surface area contributed by atoms with Gasteiger partial charge in [-0.2, -0.15) is 0 Å². The first-order chi connectivity index (χ1) is 18.8. The van der Waals surface area contributed by atoms with Gasteiger partial charge in [-0.1, -0.05) is 54.4 Å². The van der Waals surface area contributed by atoms with Crippen LogP contribution in [0.5, 0.6) is 0 Å². The maximum Gasteiger partial charge on any atom is 0.494 e. The zero-order chi connectivity index (χ0) is 31.1. The SMILES string of the molecule is [2H]c1c([2H])c([2H])c(-c2c([2H])c([2H])c(Nc3c([2H])c([2H])c(B4OC(C)(C)C(C)(C)O4)c([2H])c3[2H])c([2H])c2[2H])c([2H])c1[2H]. The molecule has 3 aromatic carbocycles. The number of hydrogen-bond donors (Lipinski definition) is 1. The second kappa shape index (κ2) is 7.12. The Kier molecular flexibility index (Phi) is 2.25. The van der Waals surface area contributed by atoms with Gasteiger partial charge >= 0.3 is 7.12 Å². The van der Waals surface area contributed by atoms with Gasteiger partial charge < -0.3 is 14.6 Å². The van der Waals surface area contributed by atoms with E-state index in [9.17, 15) is 0 Å². The number of nitrogens with one attached hydrogen (secondary N) is 1. The fourth-order valence-corrected chi connectivity index (χ4v) is 2.46. The molecule has 4 heteroatoms. The average Bonchev–Trinajstić information content (AvgIpc) is 3.11. The first kappa shape index (κ1) is 8.85. The molecular weight excluding hydrogens is 345 g/mol. The molecule has 1 aliphatic heterocycles. The second-order valence-electron chi connectivity index (χ2n) is 7.25. The van der Waals surface area contributed by atoms with Crippen molar-refractivity contribution in [3.05, 3.63) is 78.6 Å². The fraction of sp³-hybridized carbons (Fsp3) is 0.250. The Morgan fingerprint density at radius 3 is 1.68 bits per heavy atom. The summed E-state index contributed by atoms with van der Waals surface area (Å²) in [4.78, 5) is 0. The maximum absolute atomic E-state index is 8.55. The fourth-order valence-electron chi connectivity index (χ4n) is 2.46. The minimum atomic E-state index is -1.20. The standard InChI is InChI=1S/C24H26BNO2/c1-23(2)24(3,4)28-25(27-23)20-12-16-22(17-13-20)26-21-14-10-19(11-15-21)18-8-6-5-7-9-18/h5-17,26H,1-4H3/i5D,6D,7D,8D,9D,10D,11D,12D,13D,14D,15D,16D,17D. The van der Waals surface area contributed by atoms with Crippen molar-refractivity contribution < 1.29 is 27.1 Å². The lowest BCUT2D eigenvalue weighted by atomic mass is 9.79. The van der Waals surface area contributed by atoms with Crippen molar-refractivity contribution in [3.63, 3.8) is 0 Å². The monoisotopic (exact) mass is 384 g/mol. The molecule has 3 nitrogen and oxygen atoms in total. The van der Waals surface area contributed by atoms with Crippen molar-refractivity contribution in [3.8, 4) is 11.1 Å². The number of hydrogen-bond acceptors (Lipinski definition) is 3. The van der Waals surface area contributed by atoms with Gasteiger partial charge in [0.25, 0.3) is 0 Å². The summed E-state index contributed by atoms with van der Waals surface area (Å²) in [6, 6.07) is -8.46. The van der Waals surface area contributed by atoms with Crippen molar-refractivity contribution in [1.82, 2.24) is 0 Å². The van der Waals surface area contributed by atoms with Crippen LogP contribution >= 0.6 is 0 Å². The first-order valence-electron chi connectivity index (χ1n) is 15.2. The van der Waals surface area contributed by atoms with Crippen LogP contribution in [0.15, 0.2) is 78.6 Å². The zero-order valence-electron chi connectivity index (χ0n) is 28.9. The van der Waals surface area contributed by atoms with Crippen molar-refractivity contribution in [2.24, 2.45) is 0 Å². The Morgan fingerprint density at radius 2 is 1.14 bits per heavy atom. The minimum Gasteiger partial charge on any atom is -0.399 e. The van der Waals surface area contributed by atoms with Gasteiger partial charge in [0.15, 0.2) is 0 Å². The summed E-state index contributed by atoms with van der Waals surface area (Å²) < 4.78 is 120. The van der Waals surface area contributed by atoms with Crippen LogP contribution in [0.2, 0.25) is 0 Å². The van der Waals surface area contributed by atoms with Crippen LogP contribution in [0, 0.1) is 0 Å². The van der Waals surface area contributed by atoms with Crippen LogP contribution in [-0.4, -0.2) is 18.3 Å². The molecule has 0 radical (unpaired) electrons. The molecule has 1 heterocycles. The van der Waals surface area contributed by atoms with Gasteiger partial charge in [-0.25, -0.2) is 0 Å². The summed E-state index contributed by atoms with van der Waals surface area (Å²) in [7, 11) is -1.20. The van der Waals surface area contributed by atoms with Gasteiger partial charge in [-0.3, -0.25) is 0 Å². The molecule has 142 valence electrons. The van der Waals surface area contributed by atoms with Crippen LogP contribution in [0.25, 0.3) is 11.1 Å². The third kappa shape index (κ3) is 3.71. The van der Waals surface area contributed by atoms with Crippen LogP contribution in [0.1, 0.15) is 45.5 Å². The van der Waals surface area contributed by atoms with Gasteiger partial charge in [-0.15, -0.1) is 0 Å². The molecule has 1 saturated heterocycles. The molecule has 1 N–H and O–H groups in total. The third-order valence-corrected chi connectivity index (χ3v) is 4.76. The molecule has 0 unspecified atom stereocenters. The van der Waals surface area contributed by atoms with Crippen LogP contribution in [0.3, 0.4) is 0 Å². The average molecular weight is 384 g/mol. The second-order valence-corrected chi connectivity index (χ2v) is 7.25. The quantitative estimate of drug-likeness (QED) is 0.612.